The van der Waals surface area contributed by atoms with E-state index in [1.807, 2.05) is 36.4 Å². The van der Waals surface area contributed by atoms with Gasteiger partial charge in [-0.1, -0.05) is 43.6 Å². The maximum Gasteiger partial charge on any atom is 0.248 e. The molecule has 1 N–H and O–H groups in total. The molecule has 0 aromatic heterocycles. The maximum atomic E-state index is 12.3. The van der Waals surface area contributed by atoms with Crippen LogP contribution in [0.4, 0.5) is 5.69 Å². The van der Waals surface area contributed by atoms with Crippen molar-refractivity contribution in [3.8, 4) is 5.75 Å². The van der Waals surface area contributed by atoms with Crippen molar-refractivity contribution in [1.82, 2.24) is 4.90 Å². The number of carbonyl (C=O) groups excluding carboxylic acids is 1. The summed E-state index contributed by atoms with van der Waals surface area (Å²) in [6.07, 6.45) is 7.53. The molecule has 0 saturated carbocycles. The molecular formula is C25H33ClN2O2. The molecule has 2 aromatic carbocycles. The molecule has 0 fully saturated rings. The largest absolute Gasteiger partial charge is 0.496 e. The number of anilines is 1. The summed E-state index contributed by atoms with van der Waals surface area (Å²) >= 11 is 6.13. The minimum absolute atomic E-state index is 0.192. The van der Waals surface area contributed by atoms with Crippen molar-refractivity contribution < 1.29 is 9.53 Å². The van der Waals surface area contributed by atoms with Gasteiger partial charge in [0, 0.05) is 16.8 Å². The SMILES string of the molecule is CCCN(CCC)CCCc1cc(NC(=O)C=Cc2ccccc2Cl)ccc1OC. The zero-order valence-corrected chi connectivity index (χ0v) is 19.0. The van der Waals surface area contributed by atoms with E-state index in [4.69, 9.17) is 16.3 Å². The Morgan fingerprint density at radius 1 is 1.10 bits per heavy atom. The molecule has 162 valence electrons. The molecule has 0 aliphatic rings. The van der Waals surface area contributed by atoms with Gasteiger partial charge >= 0.3 is 0 Å². The van der Waals surface area contributed by atoms with Crippen LogP contribution in [0.5, 0.6) is 5.75 Å². The summed E-state index contributed by atoms with van der Waals surface area (Å²) in [4.78, 5) is 14.8. The van der Waals surface area contributed by atoms with E-state index in [2.05, 4.69) is 24.1 Å². The van der Waals surface area contributed by atoms with Crippen molar-refractivity contribution >= 4 is 29.3 Å². The lowest BCUT2D eigenvalue weighted by Gasteiger charge is -2.21. The predicted molar refractivity (Wildman–Crippen MR) is 127 cm³/mol. The second-order valence-corrected chi connectivity index (χ2v) is 7.72. The van der Waals surface area contributed by atoms with Crippen molar-refractivity contribution in [3.63, 3.8) is 0 Å². The molecule has 0 unspecified atom stereocenters. The first-order chi connectivity index (χ1) is 14.6. The Bertz CT molecular complexity index is 830. The Kier molecular flexibility index (Phi) is 10.5. The number of rotatable bonds is 12. The van der Waals surface area contributed by atoms with E-state index in [1.165, 1.54) is 18.9 Å². The number of nitrogens with zero attached hydrogens (tertiary/aromatic N) is 1. The number of amides is 1. The van der Waals surface area contributed by atoms with Crippen LogP contribution in [-0.4, -0.2) is 37.6 Å². The Morgan fingerprint density at radius 2 is 1.83 bits per heavy atom. The zero-order valence-electron chi connectivity index (χ0n) is 18.3. The van der Waals surface area contributed by atoms with Gasteiger partial charge in [0.15, 0.2) is 0 Å². The normalized spacial score (nSPS) is 11.2. The third-order valence-electron chi connectivity index (χ3n) is 4.87. The summed E-state index contributed by atoms with van der Waals surface area (Å²) in [5, 5.41) is 3.55. The molecule has 5 heteroatoms. The molecule has 30 heavy (non-hydrogen) atoms. The van der Waals surface area contributed by atoms with E-state index in [0.717, 1.165) is 55.0 Å². The second-order valence-electron chi connectivity index (χ2n) is 7.32. The maximum absolute atomic E-state index is 12.3. The van der Waals surface area contributed by atoms with Crippen LogP contribution in [0.2, 0.25) is 5.02 Å². The molecular weight excluding hydrogens is 396 g/mol. The van der Waals surface area contributed by atoms with Crippen LogP contribution in [0.1, 0.15) is 44.2 Å². The van der Waals surface area contributed by atoms with E-state index < -0.39 is 0 Å². The first kappa shape index (κ1) is 24.0. The van der Waals surface area contributed by atoms with Crippen LogP contribution in [0.25, 0.3) is 6.08 Å². The van der Waals surface area contributed by atoms with E-state index in [9.17, 15) is 4.79 Å². The summed E-state index contributed by atoms with van der Waals surface area (Å²) in [6.45, 7) is 7.79. The van der Waals surface area contributed by atoms with Crippen LogP contribution in [0.15, 0.2) is 48.5 Å². The first-order valence-electron chi connectivity index (χ1n) is 10.7. The van der Waals surface area contributed by atoms with Crippen molar-refractivity contribution in [1.29, 1.82) is 0 Å². The number of ether oxygens (including phenoxy) is 1. The van der Waals surface area contributed by atoms with Gasteiger partial charge in [0.2, 0.25) is 5.91 Å². The quantitative estimate of drug-likeness (QED) is 0.418. The summed E-state index contributed by atoms with van der Waals surface area (Å²) in [6, 6.07) is 13.2. The summed E-state index contributed by atoms with van der Waals surface area (Å²) in [5.41, 5.74) is 2.69. The molecule has 0 saturated heterocycles. The summed E-state index contributed by atoms with van der Waals surface area (Å²) in [7, 11) is 1.68. The number of hydrogen-bond acceptors (Lipinski definition) is 3. The van der Waals surface area contributed by atoms with E-state index in [-0.39, 0.29) is 5.91 Å². The smallest absolute Gasteiger partial charge is 0.248 e. The van der Waals surface area contributed by atoms with Gasteiger partial charge in [-0.05, 0) is 86.8 Å². The van der Waals surface area contributed by atoms with Gasteiger partial charge in [-0.15, -0.1) is 0 Å². The molecule has 0 heterocycles. The molecule has 0 atom stereocenters. The highest BCUT2D eigenvalue weighted by atomic mass is 35.5. The number of methoxy groups -OCH3 is 1. The predicted octanol–water partition coefficient (Wildman–Crippen LogP) is 6.06. The third kappa shape index (κ3) is 7.85. The lowest BCUT2D eigenvalue weighted by atomic mass is 10.1. The minimum atomic E-state index is -0.192. The number of aryl methyl sites for hydroxylation is 1. The number of carbonyl (C=O) groups is 1. The summed E-state index contributed by atoms with van der Waals surface area (Å²) < 4.78 is 5.52. The van der Waals surface area contributed by atoms with Crippen LogP contribution in [0, 0.1) is 0 Å². The molecule has 0 aliphatic heterocycles. The van der Waals surface area contributed by atoms with Crippen molar-refractivity contribution in [3.05, 3.63) is 64.7 Å². The fourth-order valence-electron chi connectivity index (χ4n) is 3.47. The zero-order chi connectivity index (χ0) is 21.8. The van der Waals surface area contributed by atoms with Gasteiger partial charge in [0.05, 0.1) is 7.11 Å². The highest BCUT2D eigenvalue weighted by Crippen LogP contribution is 2.24. The van der Waals surface area contributed by atoms with Crippen LogP contribution in [-0.2, 0) is 11.2 Å². The molecule has 0 spiro atoms. The Hall–Kier alpha value is -2.30. The molecule has 4 nitrogen and oxygen atoms in total. The molecule has 2 rings (SSSR count). The third-order valence-corrected chi connectivity index (χ3v) is 5.21. The lowest BCUT2D eigenvalue weighted by Crippen LogP contribution is -2.26. The average Bonchev–Trinajstić information content (AvgIpc) is 2.74. The molecule has 0 radical (unpaired) electrons. The van der Waals surface area contributed by atoms with Crippen LogP contribution in [0.3, 0.4) is 0 Å². The number of benzene rings is 2. The fourth-order valence-corrected chi connectivity index (χ4v) is 3.67. The minimum Gasteiger partial charge on any atom is -0.496 e. The highest BCUT2D eigenvalue weighted by Gasteiger charge is 2.08. The molecule has 0 aliphatic carbocycles. The van der Waals surface area contributed by atoms with E-state index in [1.54, 1.807) is 19.3 Å². The van der Waals surface area contributed by atoms with Gasteiger partial charge in [-0.25, -0.2) is 0 Å². The first-order valence-corrected chi connectivity index (χ1v) is 11.1. The topological polar surface area (TPSA) is 41.6 Å². The van der Waals surface area contributed by atoms with Gasteiger partial charge in [-0.3, -0.25) is 4.79 Å². The monoisotopic (exact) mass is 428 g/mol. The summed E-state index contributed by atoms with van der Waals surface area (Å²) in [5.74, 6) is 0.667. The van der Waals surface area contributed by atoms with Crippen LogP contribution < -0.4 is 10.1 Å². The van der Waals surface area contributed by atoms with E-state index >= 15 is 0 Å². The molecule has 2 aromatic rings. The van der Waals surface area contributed by atoms with Crippen molar-refractivity contribution in [2.45, 2.75) is 39.5 Å². The number of nitrogens with one attached hydrogen (secondary N) is 1. The second kappa shape index (κ2) is 13.1. The van der Waals surface area contributed by atoms with Crippen molar-refractivity contribution in [2.24, 2.45) is 0 Å². The van der Waals surface area contributed by atoms with Gasteiger partial charge in [0.1, 0.15) is 5.75 Å². The van der Waals surface area contributed by atoms with Gasteiger partial charge < -0.3 is 15.0 Å². The molecule has 1 amide bonds. The van der Waals surface area contributed by atoms with Gasteiger partial charge in [-0.2, -0.15) is 0 Å². The number of halogens is 1. The number of hydrogen-bond donors (Lipinski definition) is 1. The Morgan fingerprint density at radius 3 is 2.50 bits per heavy atom. The Labute approximate surface area is 185 Å². The average molecular weight is 429 g/mol. The fraction of sp³-hybridized carbons (Fsp3) is 0.400. The van der Waals surface area contributed by atoms with E-state index in [0.29, 0.717) is 5.02 Å². The Balaban J connectivity index is 1.99. The van der Waals surface area contributed by atoms with Gasteiger partial charge in [0.25, 0.3) is 0 Å². The lowest BCUT2D eigenvalue weighted by molar-refractivity contribution is -0.111. The molecule has 0 bridgehead atoms. The highest BCUT2D eigenvalue weighted by molar-refractivity contribution is 6.32. The van der Waals surface area contributed by atoms with Crippen LogP contribution >= 0.6 is 11.6 Å². The van der Waals surface area contributed by atoms with Crippen molar-refractivity contribution in [2.75, 3.05) is 32.1 Å². The standard InChI is InChI=1S/C25H33ClN2O2/c1-4-16-28(17-5-2)18-8-10-21-19-22(13-14-24(21)30-3)27-25(29)15-12-20-9-6-7-11-23(20)26/h6-7,9,11-15,19H,4-5,8,10,16-18H2,1-3H3,(H,27,29).